The second kappa shape index (κ2) is 4.78. The van der Waals surface area contributed by atoms with E-state index in [2.05, 4.69) is 15.3 Å². The van der Waals surface area contributed by atoms with Gasteiger partial charge in [0.1, 0.15) is 5.82 Å². The van der Waals surface area contributed by atoms with Crippen LogP contribution in [0.25, 0.3) is 0 Å². The number of nitrogens with zero attached hydrogens (tertiary/aromatic N) is 1. The minimum absolute atomic E-state index is 0.0449. The third-order valence-electron chi connectivity index (χ3n) is 3.32. The molecule has 1 aromatic heterocycles. The quantitative estimate of drug-likeness (QED) is 0.786. The van der Waals surface area contributed by atoms with E-state index in [1.165, 1.54) is 0 Å². The second-order valence-electron chi connectivity index (χ2n) is 4.39. The zero-order valence-electron chi connectivity index (χ0n) is 9.97. The van der Waals surface area contributed by atoms with E-state index < -0.39 is 0 Å². The lowest BCUT2D eigenvalue weighted by Gasteiger charge is -2.22. The fourth-order valence-electron chi connectivity index (χ4n) is 2.34. The van der Waals surface area contributed by atoms with Gasteiger partial charge in [0, 0.05) is 17.2 Å². The fraction of sp³-hybridized carbons (Fsp3) is 0.667. The number of hydrogen-bond donors (Lipinski definition) is 2. The highest BCUT2D eigenvalue weighted by Crippen LogP contribution is 2.21. The molecule has 88 valence electrons. The van der Waals surface area contributed by atoms with Crippen molar-refractivity contribution in [1.82, 2.24) is 15.3 Å². The molecular formula is C12H19N3O. The summed E-state index contributed by atoms with van der Waals surface area (Å²) in [5, 5.41) is 3.32. The van der Waals surface area contributed by atoms with Gasteiger partial charge in [0.15, 0.2) is 0 Å². The van der Waals surface area contributed by atoms with E-state index in [9.17, 15) is 4.79 Å². The van der Waals surface area contributed by atoms with Gasteiger partial charge in [-0.3, -0.25) is 4.79 Å². The molecule has 0 saturated carbocycles. The van der Waals surface area contributed by atoms with Gasteiger partial charge in [0.2, 0.25) is 0 Å². The molecule has 2 heterocycles. The molecule has 0 aromatic carbocycles. The summed E-state index contributed by atoms with van der Waals surface area (Å²) >= 11 is 0. The lowest BCUT2D eigenvalue weighted by Crippen LogP contribution is -2.29. The lowest BCUT2D eigenvalue weighted by molar-refractivity contribution is 0.443. The Morgan fingerprint density at radius 2 is 2.06 bits per heavy atom. The van der Waals surface area contributed by atoms with Gasteiger partial charge in [-0.25, -0.2) is 4.98 Å². The van der Waals surface area contributed by atoms with Crippen LogP contribution in [0.5, 0.6) is 0 Å². The Labute approximate surface area is 95.5 Å². The molecule has 2 rings (SSSR count). The smallest absolute Gasteiger partial charge is 0.254 e. The summed E-state index contributed by atoms with van der Waals surface area (Å²) in [6.07, 6.45) is 2.88. The Balaban J connectivity index is 2.31. The van der Waals surface area contributed by atoms with Gasteiger partial charge in [-0.15, -0.1) is 0 Å². The second-order valence-corrected chi connectivity index (χ2v) is 4.39. The monoisotopic (exact) mass is 221 g/mol. The van der Waals surface area contributed by atoms with Crippen molar-refractivity contribution in [2.24, 2.45) is 0 Å². The lowest BCUT2D eigenvalue weighted by atomic mass is 9.97. The maximum Gasteiger partial charge on any atom is 0.254 e. The molecule has 0 unspecified atom stereocenters. The van der Waals surface area contributed by atoms with Crippen LogP contribution in [0, 0.1) is 6.92 Å². The predicted molar refractivity (Wildman–Crippen MR) is 63.8 cm³/mol. The normalized spacial score (nSPS) is 17.6. The van der Waals surface area contributed by atoms with Crippen LogP contribution in [0.1, 0.15) is 42.8 Å². The summed E-state index contributed by atoms with van der Waals surface area (Å²) < 4.78 is 0. The molecule has 1 fully saturated rings. The van der Waals surface area contributed by atoms with E-state index in [0.717, 1.165) is 49.4 Å². The average Bonchev–Trinajstić information content (AvgIpc) is 2.30. The van der Waals surface area contributed by atoms with Crippen LogP contribution in [-0.2, 0) is 6.42 Å². The molecule has 0 bridgehead atoms. The summed E-state index contributed by atoms with van der Waals surface area (Å²) in [6, 6.07) is 0. The molecule has 1 aliphatic heterocycles. The highest BCUT2D eigenvalue weighted by molar-refractivity contribution is 5.17. The fourth-order valence-corrected chi connectivity index (χ4v) is 2.34. The van der Waals surface area contributed by atoms with Crippen molar-refractivity contribution < 1.29 is 0 Å². The number of H-pyrrole nitrogens is 1. The Morgan fingerprint density at radius 3 is 2.62 bits per heavy atom. The van der Waals surface area contributed by atoms with Crippen molar-refractivity contribution in [2.45, 2.75) is 39.0 Å². The third kappa shape index (κ3) is 2.16. The third-order valence-corrected chi connectivity index (χ3v) is 3.32. The minimum Gasteiger partial charge on any atom is -0.317 e. The van der Waals surface area contributed by atoms with Gasteiger partial charge in [-0.05, 0) is 39.3 Å². The first kappa shape index (κ1) is 11.3. The van der Waals surface area contributed by atoms with Gasteiger partial charge >= 0.3 is 0 Å². The standard InChI is InChI=1S/C12H19N3O/c1-3-10-8(2)14-11(15-12(10)16)9-4-6-13-7-5-9/h9,13H,3-7H2,1-2H3,(H,14,15,16). The number of aromatic amines is 1. The topological polar surface area (TPSA) is 57.8 Å². The number of piperidine rings is 1. The van der Waals surface area contributed by atoms with Crippen molar-refractivity contribution in [2.75, 3.05) is 13.1 Å². The highest BCUT2D eigenvalue weighted by Gasteiger charge is 2.18. The highest BCUT2D eigenvalue weighted by atomic mass is 16.1. The van der Waals surface area contributed by atoms with Gasteiger partial charge in [0.25, 0.3) is 5.56 Å². The van der Waals surface area contributed by atoms with Crippen molar-refractivity contribution in [3.63, 3.8) is 0 Å². The maximum absolute atomic E-state index is 11.8. The predicted octanol–water partition coefficient (Wildman–Crippen LogP) is 1.11. The molecule has 1 aromatic rings. The summed E-state index contributed by atoms with van der Waals surface area (Å²) in [7, 11) is 0. The first-order valence-corrected chi connectivity index (χ1v) is 6.02. The molecule has 0 radical (unpaired) electrons. The Bertz CT molecular complexity index is 419. The zero-order valence-corrected chi connectivity index (χ0v) is 9.97. The summed E-state index contributed by atoms with van der Waals surface area (Å²) in [4.78, 5) is 19.3. The van der Waals surface area contributed by atoms with E-state index in [4.69, 9.17) is 0 Å². The molecule has 0 atom stereocenters. The van der Waals surface area contributed by atoms with E-state index in [1.54, 1.807) is 0 Å². The molecule has 16 heavy (non-hydrogen) atoms. The van der Waals surface area contributed by atoms with Gasteiger partial charge in [-0.1, -0.05) is 6.92 Å². The summed E-state index contributed by atoms with van der Waals surface area (Å²) in [5.74, 6) is 1.29. The SMILES string of the molecule is CCc1c(C)nc(C2CCNCC2)[nH]c1=O. The largest absolute Gasteiger partial charge is 0.317 e. The van der Waals surface area contributed by atoms with Gasteiger partial charge in [0.05, 0.1) is 0 Å². The molecule has 4 nitrogen and oxygen atoms in total. The summed E-state index contributed by atoms with van der Waals surface area (Å²) in [6.45, 7) is 5.95. The number of aromatic nitrogens is 2. The molecule has 0 spiro atoms. The van der Waals surface area contributed by atoms with E-state index in [-0.39, 0.29) is 5.56 Å². The van der Waals surface area contributed by atoms with E-state index in [0.29, 0.717) is 5.92 Å². The number of aryl methyl sites for hydroxylation is 1. The number of nitrogens with one attached hydrogen (secondary N) is 2. The first-order chi connectivity index (χ1) is 7.72. The van der Waals surface area contributed by atoms with Gasteiger partial charge < -0.3 is 10.3 Å². The summed E-state index contributed by atoms with van der Waals surface area (Å²) in [5.41, 5.74) is 1.75. The molecule has 0 aliphatic carbocycles. The van der Waals surface area contributed by atoms with Crippen molar-refractivity contribution in [3.05, 3.63) is 27.4 Å². The average molecular weight is 221 g/mol. The molecule has 1 aliphatic rings. The van der Waals surface area contributed by atoms with E-state index in [1.807, 2.05) is 13.8 Å². The van der Waals surface area contributed by atoms with Crippen LogP contribution < -0.4 is 10.9 Å². The number of rotatable bonds is 2. The minimum atomic E-state index is 0.0449. The van der Waals surface area contributed by atoms with Crippen LogP contribution in [0.2, 0.25) is 0 Å². The van der Waals surface area contributed by atoms with Crippen LogP contribution in [0.15, 0.2) is 4.79 Å². The maximum atomic E-state index is 11.8. The molecule has 1 saturated heterocycles. The Morgan fingerprint density at radius 1 is 1.38 bits per heavy atom. The Hall–Kier alpha value is -1.16. The Kier molecular flexibility index (Phi) is 3.39. The number of hydrogen-bond acceptors (Lipinski definition) is 3. The van der Waals surface area contributed by atoms with E-state index >= 15 is 0 Å². The molecule has 2 N–H and O–H groups in total. The van der Waals surface area contributed by atoms with Crippen LogP contribution >= 0.6 is 0 Å². The first-order valence-electron chi connectivity index (χ1n) is 6.02. The van der Waals surface area contributed by atoms with Crippen LogP contribution in [0.3, 0.4) is 0 Å². The van der Waals surface area contributed by atoms with Crippen molar-refractivity contribution in [3.8, 4) is 0 Å². The zero-order chi connectivity index (χ0) is 11.5. The molecule has 0 amide bonds. The molecule has 4 heteroatoms. The van der Waals surface area contributed by atoms with Gasteiger partial charge in [-0.2, -0.15) is 0 Å². The van der Waals surface area contributed by atoms with Crippen LogP contribution in [-0.4, -0.2) is 23.1 Å². The van der Waals surface area contributed by atoms with Crippen molar-refractivity contribution >= 4 is 0 Å². The molecular weight excluding hydrogens is 202 g/mol. The van der Waals surface area contributed by atoms with Crippen LogP contribution in [0.4, 0.5) is 0 Å². The van der Waals surface area contributed by atoms with Crippen molar-refractivity contribution in [1.29, 1.82) is 0 Å².